The Labute approximate surface area is 114 Å². The van der Waals surface area contributed by atoms with Gasteiger partial charge in [0.1, 0.15) is 0 Å². The van der Waals surface area contributed by atoms with Crippen LogP contribution in [0.4, 0.5) is 5.69 Å². The summed E-state index contributed by atoms with van der Waals surface area (Å²) in [6, 6.07) is 14.6. The Morgan fingerprint density at radius 3 is 2.38 bits per heavy atom. The van der Waals surface area contributed by atoms with Crippen LogP contribution in [0, 0.1) is 10.5 Å². The molecule has 1 nitrogen and oxygen atoms in total. The van der Waals surface area contributed by atoms with E-state index in [9.17, 15) is 0 Å². The van der Waals surface area contributed by atoms with Gasteiger partial charge in [0.05, 0.1) is 0 Å². The van der Waals surface area contributed by atoms with E-state index in [-0.39, 0.29) is 0 Å². The molecule has 0 unspecified atom stereocenters. The number of anilines is 1. The van der Waals surface area contributed by atoms with Gasteiger partial charge < -0.3 is 5.73 Å². The highest BCUT2D eigenvalue weighted by Gasteiger charge is 2.01. The van der Waals surface area contributed by atoms with Crippen molar-refractivity contribution >= 4 is 40.0 Å². The molecular formula is C13H12INS. The molecule has 2 N–H and O–H groups in total. The first-order chi connectivity index (χ1) is 7.65. The number of rotatable bonds is 2. The largest absolute Gasteiger partial charge is 0.399 e. The zero-order valence-electron chi connectivity index (χ0n) is 8.91. The molecule has 2 aromatic rings. The fraction of sp³-hybridized carbons (Fsp3) is 0.0769. The summed E-state index contributed by atoms with van der Waals surface area (Å²) in [5, 5.41) is 0. The maximum atomic E-state index is 5.73. The number of benzene rings is 2. The van der Waals surface area contributed by atoms with Gasteiger partial charge in [0.15, 0.2) is 0 Å². The second-order valence-electron chi connectivity index (χ2n) is 3.58. The lowest BCUT2D eigenvalue weighted by molar-refractivity contribution is 1.29. The minimum Gasteiger partial charge on any atom is -0.399 e. The van der Waals surface area contributed by atoms with E-state index in [0.29, 0.717) is 0 Å². The summed E-state index contributed by atoms with van der Waals surface area (Å²) >= 11 is 4.09. The normalized spacial score (nSPS) is 10.4. The molecule has 0 spiro atoms. The minimum atomic E-state index is 0.824. The molecule has 0 fully saturated rings. The van der Waals surface area contributed by atoms with Crippen LogP contribution in [-0.4, -0.2) is 0 Å². The second kappa shape index (κ2) is 5.10. The van der Waals surface area contributed by atoms with Crippen molar-refractivity contribution < 1.29 is 0 Å². The lowest BCUT2D eigenvalue weighted by Crippen LogP contribution is -1.87. The zero-order valence-corrected chi connectivity index (χ0v) is 11.9. The fourth-order valence-electron chi connectivity index (χ4n) is 1.42. The number of nitrogen functional groups attached to an aromatic ring is 1. The van der Waals surface area contributed by atoms with Gasteiger partial charge in [-0.1, -0.05) is 11.8 Å². The Kier molecular flexibility index (Phi) is 3.76. The van der Waals surface area contributed by atoms with Crippen LogP contribution < -0.4 is 5.73 Å². The van der Waals surface area contributed by atoms with Crippen molar-refractivity contribution in [3.63, 3.8) is 0 Å². The van der Waals surface area contributed by atoms with Gasteiger partial charge >= 0.3 is 0 Å². The van der Waals surface area contributed by atoms with E-state index in [4.69, 9.17) is 5.73 Å². The molecule has 0 bridgehead atoms. The Morgan fingerprint density at radius 1 is 1.06 bits per heavy atom. The zero-order chi connectivity index (χ0) is 11.5. The maximum absolute atomic E-state index is 5.73. The van der Waals surface area contributed by atoms with Crippen LogP contribution in [0.15, 0.2) is 52.3 Å². The summed E-state index contributed by atoms with van der Waals surface area (Å²) in [5.74, 6) is 0. The van der Waals surface area contributed by atoms with Gasteiger partial charge in [-0.15, -0.1) is 0 Å². The molecule has 2 rings (SSSR count). The molecule has 0 aliphatic carbocycles. The first-order valence-electron chi connectivity index (χ1n) is 4.95. The quantitative estimate of drug-likeness (QED) is 0.650. The van der Waals surface area contributed by atoms with E-state index < -0.39 is 0 Å². The van der Waals surface area contributed by atoms with Gasteiger partial charge in [-0.3, -0.25) is 0 Å². The highest BCUT2D eigenvalue weighted by atomic mass is 127. The molecule has 0 atom stereocenters. The summed E-state index contributed by atoms with van der Waals surface area (Å²) in [4.78, 5) is 2.52. The number of hydrogen-bond donors (Lipinski definition) is 1. The summed E-state index contributed by atoms with van der Waals surface area (Å²) in [6.45, 7) is 2.09. The molecule has 0 aliphatic heterocycles. The lowest BCUT2D eigenvalue weighted by atomic mass is 10.2. The van der Waals surface area contributed by atoms with Crippen molar-refractivity contribution in [1.29, 1.82) is 0 Å². The summed E-state index contributed by atoms with van der Waals surface area (Å²) in [6.07, 6.45) is 0. The molecule has 0 amide bonds. The highest BCUT2D eigenvalue weighted by Crippen LogP contribution is 2.31. The van der Waals surface area contributed by atoms with Gasteiger partial charge in [-0.05, 0) is 77.5 Å². The molecule has 0 aliphatic rings. The summed E-state index contributed by atoms with van der Waals surface area (Å²) in [5.41, 5.74) is 7.78. The lowest BCUT2D eigenvalue weighted by Gasteiger charge is -2.06. The smallest absolute Gasteiger partial charge is 0.0317 e. The Bertz CT molecular complexity index is 494. The van der Waals surface area contributed by atoms with Crippen molar-refractivity contribution in [1.82, 2.24) is 0 Å². The van der Waals surface area contributed by atoms with E-state index >= 15 is 0 Å². The highest BCUT2D eigenvalue weighted by molar-refractivity contribution is 14.1. The molecule has 2 aromatic carbocycles. The Morgan fingerprint density at radius 2 is 1.75 bits per heavy atom. The van der Waals surface area contributed by atoms with E-state index in [0.717, 1.165) is 5.69 Å². The second-order valence-corrected chi connectivity index (χ2v) is 5.94. The minimum absolute atomic E-state index is 0.824. The molecule has 3 heteroatoms. The molecule has 0 aromatic heterocycles. The summed E-state index contributed by atoms with van der Waals surface area (Å²) < 4.78 is 1.26. The Balaban J connectivity index is 2.23. The van der Waals surface area contributed by atoms with Gasteiger partial charge in [-0.2, -0.15) is 0 Å². The van der Waals surface area contributed by atoms with Gasteiger partial charge in [0.2, 0.25) is 0 Å². The Hall–Kier alpha value is -0.680. The van der Waals surface area contributed by atoms with Crippen LogP contribution in [0.2, 0.25) is 0 Å². The van der Waals surface area contributed by atoms with Crippen molar-refractivity contribution in [2.75, 3.05) is 5.73 Å². The average molecular weight is 341 g/mol. The molecule has 0 saturated carbocycles. The van der Waals surface area contributed by atoms with Crippen LogP contribution >= 0.6 is 34.4 Å². The van der Waals surface area contributed by atoms with Crippen LogP contribution in [-0.2, 0) is 0 Å². The first-order valence-corrected chi connectivity index (χ1v) is 6.84. The van der Waals surface area contributed by atoms with E-state index in [1.807, 2.05) is 12.1 Å². The third kappa shape index (κ3) is 2.92. The molecule has 0 radical (unpaired) electrons. The monoisotopic (exact) mass is 341 g/mol. The standard InChI is InChI=1S/C13H12INS/c1-9-8-11(15)4-7-13(9)16-12-5-2-10(14)3-6-12/h2-8H,15H2,1H3. The molecular weight excluding hydrogens is 329 g/mol. The van der Waals surface area contributed by atoms with Crippen molar-refractivity contribution in [3.8, 4) is 0 Å². The van der Waals surface area contributed by atoms with E-state index in [1.165, 1.54) is 18.9 Å². The predicted molar refractivity (Wildman–Crippen MR) is 78.9 cm³/mol. The topological polar surface area (TPSA) is 26.0 Å². The third-order valence-corrected chi connectivity index (χ3v) is 4.15. The van der Waals surface area contributed by atoms with Crippen LogP contribution in [0.5, 0.6) is 0 Å². The van der Waals surface area contributed by atoms with Crippen LogP contribution in [0.3, 0.4) is 0 Å². The molecule has 16 heavy (non-hydrogen) atoms. The third-order valence-electron chi connectivity index (χ3n) is 2.24. The first kappa shape index (κ1) is 11.8. The maximum Gasteiger partial charge on any atom is 0.0317 e. The van der Waals surface area contributed by atoms with Crippen LogP contribution in [0.1, 0.15) is 5.56 Å². The van der Waals surface area contributed by atoms with E-state index in [1.54, 1.807) is 11.8 Å². The fourth-order valence-corrected chi connectivity index (χ4v) is 2.66. The van der Waals surface area contributed by atoms with Gasteiger partial charge in [0, 0.05) is 19.0 Å². The van der Waals surface area contributed by atoms with Gasteiger partial charge in [0.25, 0.3) is 0 Å². The van der Waals surface area contributed by atoms with Gasteiger partial charge in [-0.25, -0.2) is 0 Å². The number of aryl methyl sites for hydroxylation is 1. The van der Waals surface area contributed by atoms with Crippen molar-refractivity contribution in [2.24, 2.45) is 0 Å². The average Bonchev–Trinajstić information content (AvgIpc) is 2.25. The molecule has 82 valence electrons. The number of hydrogen-bond acceptors (Lipinski definition) is 2. The number of halogens is 1. The SMILES string of the molecule is Cc1cc(N)ccc1Sc1ccc(I)cc1. The van der Waals surface area contributed by atoms with Crippen LogP contribution in [0.25, 0.3) is 0 Å². The van der Waals surface area contributed by atoms with Crippen molar-refractivity contribution in [3.05, 3.63) is 51.6 Å². The number of nitrogens with two attached hydrogens (primary N) is 1. The molecule has 0 heterocycles. The molecule has 0 saturated heterocycles. The van der Waals surface area contributed by atoms with Crippen molar-refractivity contribution in [2.45, 2.75) is 16.7 Å². The summed E-state index contributed by atoms with van der Waals surface area (Å²) in [7, 11) is 0. The van der Waals surface area contributed by atoms with E-state index in [2.05, 4.69) is 59.8 Å². The predicted octanol–water partition coefficient (Wildman–Crippen LogP) is 4.33.